The first-order valence-corrected chi connectivity index (χ1v) is 10.8. The summed E-state index contributed by atoms with van der Waals surface area (Å²) in [7, 11) is 0. The van der Waals surface area contributed by atoms with Crippen LogP contribution in [0.2, 0.25) is 0 Å². The van der Waals surface area contributed by atoms with Gasteiger partial charge in [-0.3, -0.25) is 0 Å². The van der Waals surface area contributed by atoms with Gasteiger partial charge in [0.25, 0.3) is 0 Å². The largest absolute Gasteiger partial charge is 0.376 e. The Morgan fingerprint density at radius 1 is 1.17 bits per heavy atom. The van der Waals surface area contributed by atoms with Gasteiger partial charge in [-0.25, -0.2) is 9.67 Å². The maximum Gasteiger partial charge on any atom is 0.209 e. The van der Waals surface area contributed by atoms with Crippen LogP contribution in [0.15, 0.2) is 53.8 Å². The molecule has 1 saturated heterocycles. The van der Waals surface area contributed by atoms with E-state index in [4.69, 9.17) is 9.72 Å². The first-order chi connectivity index (χ1) is 14.3. The molecule has 148 valence electrons. The Morgan fingerprint density at radius 2 is 2.07 bits per heavy atom. The van der Waals surface area contributed by atoms with Gasteiger partial charge < -0.3 is 9.14 Å². The van der Waals surface area contributed by atoms with Crippen LogP contribution >= 0.6 is 11.8 Å². The molecule has 0 saturated carbocycles. The highest BCUT2D eigenvalue weighted by Gasteiger charge is 2.20. The average Bonchev–Trinajstić information content (AvgIpc) is 3.48. The van der Waals surface area contributed by atoms with E-state index >= 15 is 0 Å². The molecule has 1 aliphatic rings. The molecular formula is C21H22N6OS. The number of fused-ring (bicyclic) bond motifs is 1. The van der Waals surface area contributed by atoms with Crippen LogP contribution in [0.5, 0.6) is 0 Å². The summed E-state index contributed by atoms with van der Waals surface area (Å²) in [6.45, 7) is 3.63. The normalized spacial score (nSPS) is 16.7. The lowest BCUT2D eigenvalue weighted by Gasteiger charge is -2.10. The number of hydrogen-bond donors (Lipinski definition) is 0. The third-order valence-corrected chi connectivity index (χ3v) is 6.12. The predicted octanol–water partition coefficient (Wildman–Crippen LogP) is 3.77. The van der Waals surface area contributed by atoms with Crippen LogP contribution in [0, 0.1) is 6.92 Å². The summed E-state index contributed by atoms with van der Waals surface area (Å²) in [5.41, 5.74) is 5.41. The van der Waals surface area contributed by atoms with Gasteiger partial charge in [-0.2, -0.15) is 0 Å². The lowest BCUT2D eigenvalue weighted by Crippen LogP contribution is -2.16. The van der Waals surface area contributed by atoms with E-state index in [1.54, 1.807) is 11.8 Å². The minimum absolute atomic E-state index is 0.205. The highest BCUT2D eigenvalue weighted by atomic mass is 32.2. The number of aryl methyl sites for hydroxylation is 1. The number of rotatable bonds is 6. The number of ether oxygens (including phenoxy) is 1. The Bertz CT molecular complexity index is 1120. The fraction of sp³-hybridized carbons (Fsp3) is 0.333. The van der Waals surface area contributed by atoms with Crippen molar-refractivity contribution < 1.29 is 4.74 Å². The van der Waals surface area contributed by atoms with Crippen LogP contribution in [-0.4, -0.2) is 42.3 Å². The Labute approximate surface area is 173 Å². The van der Waals surface area contributed by atoms with Gasteiger partial charge in [0.2, 0.25) is 5.16 Å². The predicted molar refractivity (Wildman–Crippen MR) is 112 cm³/mol. The first-order valence-electron chi connectivity index (χ1n) is 9.81. The van der Waals surface area contributed by atoms with E-state index in [2.05, 4.69) is 57.3 Å². The number of aromatic nitrogens is 6. The van der Waals surface area contributed by atoms with Crippen molar-refractivity contribution in [3.05, 3.63) is 59.9 Å². The summed E-state index contributed by atoms with van der Waals surface area (Å²) in [6, 6.07) is 14.5. The fourth-order valence-electron chi connectivity index (χ4n) is 3.69. The summed E-state index contributed by atoms with van der Waals surface area (Å²) >= 11 is 1.63. The number of hydrogen-bond acceptors (Lipinski definition) is 6. The van der Waals surface area contributed by atoms with Gasteiger partial charge in [-0.05, 0) is 41.8 Å². The molecule has 0 N–H and O–H groups in total. The fourth-order valence-corrected chi connectivity index (χ4v) is 4.59. The Morgan fingerprint density at radius 3 is 2.90 bits per heavy atom. The molecule has 3 aromatic heterocycles. The number of pyridine rings is 1. The molecule has 7 nitrogen and oxygen atoms in total. The maximum absolute atomic E-state index is 5.74. The van der Waals surface area contributed by atoms with Crippen LogP contribution < -0.4 is 0 Å². The van der Waals surface area contributed by atoms with E-state index in [-0.39, 0.29) is 6.10 Å². The molecule has 5 rings (SSSR count). The number of thioether (sulfide) groups is 1. The van der Waals surface area contributed by atoms with Crippen LogP contribution in [-0.2, 0) is 17.0 Å². The van der Waals surface area contributed by atoms with Crippen LogP contribution in [0.25, 0.3) is 16.9 Å². The van der Waals surface area contributed by atoms with E-state index < -0.39 is 0 Å². The lowest BCUT2D eigenvalue weighted by atomic mass is 10.1. The molecule has 0 aliphatic carbocycles. The zero-order valence-electron chi connectivity index (χ0n) is 16.2. The molecule has 1 atom stereocenters. The van der Waals surface area contributed by atoms with Gasteiger partial charge in [0, 0.05) is 24.1 Å². The van der Waals surface area contributed by atoms with Crippen molar-refractivity contribution in [3.63, 3.8) is 0 Å². The van der Waals surface area contributed by atoms with E-state index in [0.717, 1.165) is 53.0 Å². The first kappa shape index (κ1) is 18.3. The highest BCUT2D eigenvalue weighted by molar-refractivity contribution is 7.98. The molecule has 0 radical (unpaired) electrons. The molecule has 1 fully saturated rings. The van der Waals surface area contributed by atoms with Gasteiger partial charge >= 0.3 is 0 Å². The Hall–Kier alpha value is -2.71. The quantitative estimate of drug-likeness (QED) is 0.454. The molecular weight excluding hydrogens is 384 g/mol. The molecule has 8 heteroatoms. The van der Waals surface area contributed by atoms with Crippen molar-refractivity contribution in [1.29, 1.82) is 0 Å². The molecule has 0 amide bonds. The summed E-state index contributed by atoms with van der Waals surface area (Å²) in [6.07, 6.45) is 4.52. The van der Waals surface area contributed by atoms with Gasteiger partial charge in [0.05, 0.1) is 24.0 Å². The van der Waals surface area contributed by atoms with Crippen molar-refractivity contribution in [2.75, 3.05) is 6.61 Å². The third kappa shape index (κ3) is 3.77. The topological polar surface area (TPSA) is 70.1 Å². The zero-order valence-corrected chi connectivity index (χ0v) is 17.0. The zero-order chi connectivity index (χ0) is 19.6. The van der Waals surface area contributed by atoms with Gasteiger partial charge in [0.1, 0.15) is 5.65 Å². The Balaban J connectivity index is 1.46. The monoisotopic (exact) mass is 406 g/mol. The Kier molecular flexibility index (Phi) is 5.03. The minimum Gasteiger partial charge on any atom is -0.376 e. The summed E-state index contributed by atoms with van der Waals surface area (Å²) in [5, 5.41) is 13.1. The molecule has 0 spiro atoms. The van der Waals surface area contributed by atoms with Gasteiger partial charge in [-0.1, -0.05) is 48.2 Å². The molecule has 0 unspecified atom stereocenters. The number of imidazole rings is 1. The summed E-state index contributed by atoms with van der Waals surface area (Å²) in [4.78, 5) is 4.90. The van der Waals surface area contributed by atoms with Crippen molar-refractivity contribution in [1.82, 2.24) is 29.6 Å². The minimum atomic E-state index is 0.205. The van der Waals surface area contributed by atoms with Crippen molar-refractivity contribution >= 4 is 17.4 Å². The smallest absolute Gasteiger partial charge is 0.209 e. The molecule has 1 aliphatic heterocycles. The highest BCUT2D eigenvalue weighted by Crippen LogP contribution is 2.30. The van der Waals surface area contributed by atoms with Crippen LogP contribution in [0.1, 0.15) is 24.1 Å². The maximum atomic E-state index is 5.74. The molecule has 1 aromatic carbocycles. The standard InChI is InChI=1S/C21H22N6OS/c1-15-9-10-19-22-20(16-6-3-2-4-7-16)18(26(19)12-15)14-29-21-23-24-25-27(21)13-17-8-5-11-28-17/h2-4,6-7,9-10,12,17H,5,8,11,13-14H2,1H3/t17-/m0/s1. The summed E-state index contributed by atoms with van der Waals surface area (Å²) < 4.78 is 9.78. The SMILES string of the molecule is Cc1ccc2nc(-c3ccccc3)c(CSc3nnnn3C[C@@H]3CCCO3)n2c1. The van der Waals surface area contributed by atoms with Crippen molar-refractivity contribution in [2.45, 2.75) is 43.3 Å². The number of nitrogens with zero attached hydrogens (tertiary/aromatic N) is 6. The van der Waals surface area contributed by atoms with E-state index in [0.29, 0.717) is 6.54 Å². The lowest BCUT2D eigenvalue weighted by molar-refractivity contribution is 0.0912. The van der Waals surface area contributed by atoms with Crippen LogP contribution in [0.4, 0.5) is 0 Å². The molecule has 4 heterocycles. The molecule has 29 heavy (non-hydrogen) atoms. The van der Waals surface area contributed by atoms with E-state index in [9.17, 15) is 0 Å². The average molecular weight is 407 g/mol. The van der Waals surface area contributed by atoms with Crippen LogP contribution in [0.3, 0.4) is 0 Å². The summed E-state index contributed by atoms with van der Waals surface area (Å²) in [5.74, 6) is 0.723. The molecule has 0 bridgehead atoms. The number of benzene rings is 1. The van der Waals surface area contributed by atoms with E-state index in [1.807, 2.05) is 22.9 Å². The van der Waals surface area contributed by atoms with Gasteiger partial charge in [0.15, 0.2) is 0 Å². The second-order valence-electron chi connectivity index (χ2n) is 7.28. The second kappa shape index (κ2) is 7.96. The molecule has 4 aromatic rings. The van der Waals surface area contributed by atoms with Crippen molar-refractivity contribution in [2.24, 2.45) is 0 Å². The second-order valence-corrected chi connectivity index (χ2v) is 8.22. The van der Waals surface area contributed by atoms with Gasteiger partial charge in [-0.15, -0.1) is 5.10 Å². The third-order valence-electron chi connectivity index (χ3n) is 5.15. The number of tetrazole rings is 1. The van der Waals surface area contributed by atoms with Crippen molar-refractivity contribution in [3.8, 4) is 11.3 Å². The van der Waals surface area contributed by atoms with E-state index in [1.165, 1.54) is 5.56 Å².